The zero-order valence-corrected chi connectivity index (χ0v) is 11.1. The molecule has 0 heterocycles. The number of alkyl halides is 2. The fourth-order valence-corrected chi connectivity index (χ4v) is 1.55. The Morgan fingerprint density at radius 2 is 2.06 bits per heavy atom. The molecule has 1 aromatic rings. The van der Waals surface area contributed by atoms with Gasteiger partial charge < -0.3 is 9.84 Å². The molecule has 3 nitrogen and oxygen atoms in total. The summed E-state index contributed by atoms with van der Waals surface area (Å²) < 4.78 is 44.6. The lowest BCUT2D eigenvalue weighted by Crippen LogP contribution is -2.24. The minimum absolute atomic E-state index is 0.144. The number of ether oxygens (including phenoxy) is 1. The molecule has 0 aliphatic carbocycles. The first kappa shape index (κ1) is 14.8. The van der Waals surface area contributed by atoms with E-state index >= 15 is 0 Å². The van der Waals surface area contributed by atoms with E-state index in [0.717, 1.165) is 12.1 Å². The normalized spacial score (nSPS) is 13.2. The molecule has 0 aliphatic rings. The van der Waals surface area contributed by atoms with Crippen LogP contribution in [0.25, 0.3) is 0 Å². The first-order chi connectivity index (χ1) is 8.12. The summed E-state index contributed by atoms with van der Waals surface area (Å²) in [7, 11) is 0. The van der Waals surface area contributed by atoms with E-state index in [1.54, 1.807) is 0 Å². The number of halogens is 4. The maximum absolute atomic E-state index is 13.3. The van der Waals surface area contributed by atoms with Crippen LogP contribution in [0.15, 0.2) is 16.6 Å². The van der Waals surface area contributed by atoms with Crippen LogP contribution in [0.4, 0.5) is 13.2 Å². The fraction of sp³-hybridized carbons (Fsp3) is 0.364. The quantitative estimate of drug-likeness (QED) is 0.920. The zero-order chi connectivity index (χ0) is 14.1. The van der Waals surface area contributed by atoms with E-state index in [2.05, 4.69) is 15.9 Å². The van der Waals surface area contributed by atoms with Gasteiger partial charge in [0.05, 0.1) is 10.0 Å². The van der Waals surface area contributed by atoms with Crippen LogP contribution in [0.3, 0.4) is 0 Å². The first-order valence-electron chi connectivity index (χ1n) is 4.89. The molecule has 7 heteroatoms. The Balaban J connectivity index is 3.24. The second kappa shape index (κ2) is 5.17. The van der Waals surface area contributed by atoms with Crippen LogP contribution in [0.1, 0.15) is 19.4 Å². The topological polar surface area (TPSA) is 46.5 Å². The van der Waals surface area contributed by atoms with E-state index in [-0.39, 0.29) is 4.47 Å². The van der Waals surface area contributed by atoms with Gasteiger partial charge in [-0.15, -0.1) is 0 Å². The van der Waals surface area contributed by atoms with Gasteiger partial charge in [-0.25, -0.2) is 18.0 Å². The van der Waals surface area contributed by atoms with Crippen molar-refractivity contribution in [1.29, 1.82) is 0 Å². The lowest BCUT2D eigenvalue weighted by Gasteiger charge is -2.19. The van der Waals surface area contributed by atoms with Gasteiger partial charge in [-0.05, 0) is 28.9 Å². The summed E-state index contributed by atoms with van der Waals surface area (Å²) in [6, 6.07) is 1.61. The summed E-state index contributed by atoms with van der Waals surface area (Å²) in [6.07, 6.45) is -1.35. The molecule has 0 amide bonds. The van der Waals surface area contributed by atoms with E-state index in [9.17, 15) is 18.0 Å². The van der Waals surface area contributed by atoms with Crippen LogP contribution < -0.4 is 4.74 Å². The van der Waals surface area contributed by atoms with Gasteiger partial charge in [0.2, 0.25) is 0 Å². The van der Waals surface area contributed by atoms with Crippen molar-refractivity contribution in [1.82, 2.24) is 0 Å². The molecule has 0 fully saturated rings. The standard InChI is InChI=1S/C11H10BrF3O3/c1-5(10(16)17)18-9-4-8(13)7(12)3-6(9)11(2,14)15/h3-5H,1-2H3,(H,16,17)/t5-/m0/s1. The highest BCUT2D eigenvalue weighted by Gasteiger charge is 2.31. The molecule has 1 N–H and O–H groups in total. The van der Waals surface area contributed by atoms with Gasteiger partial charge >= 0.3 is 5.97 Å². The van der Waals surface area contributed by atoms with Crippen molar-refractivity contribution in [3.63, 3.8) is 0 Å². The van der Waals surface area contributed by atoms with E-state index in [1.165, 1.54) is 6.92 Å². The van der Waals surface area contributed by atoms with Crippen LogP contribution in [-0.2, 0) is 10.7 Å². The average Bonchev–Trinajstić information content (AvgIpc) is 2.21. The Bertz CT molecular complexity index is 471. The summed E-state index contributed by atoms with van der Waals surface area (Å²) in [5, 5.41) is 8.65. The van der Waals surface area contributed by atoms with Crippen LogP contribution in [0.5, 0.6) is 5.75 Å². The van der Waals surface area contributed by atoms with E-state index < -0.39 is 35.1 Å². The second-order valence-corrected chi connectivity index (χ2v) is 4.60. The van der Waals surface area contributed by atoms with Gasteiger partial charge in [0.25, 0.3) is 5.92 Å². The predicted octanol–water partition coefficient (Wildman–Crippen LogP) is 3.55. The van der Waals surface area contributed by atoms with Crippen molar-refractivity contribution >= 4 is 21.9 Å². The monoisotopic (exact) mass is 326 g/mol. The number of carboxylic acids is 1. The lowest BCUT2D eigenvalue weighted by molar-refractivity contribution is -0.144. The molecule has 18 heavy (non-hydrogen) atoms. The van der Waals surface area contributed by atoms with Crippen LogP contribution >= 0.6 is 15.9 Å². The molecular weight excluding hydrogens is 317 g/mol. The molecule has 0 spiro atoms. The van der Waals surface area contributed by atoms with E-state index in [1.807, 2.05) is 0 Å². The Kier molecular flexibility index (Phi) is 4.26. The minimum atomic E-state index is -3.27. The molecule has 0 radical (unpaired) electrons. The van der Waals surface area contributed by atoms with Crippen molar-refractivity contribution in [2.45, 2.75) is 25.9 Å². The lowest BCUT2D eigenvalue weighted by atomic mass is 10.1. The number of aliphatic carboxylic acids is 1. The predicted molar refractivity (Wildman–Crippen MR) is 61.4 cm³/mol. The second-order valence-electron chi connectivity index (χ2n) is 3.75. The molecule has 0 saturated carbocycles. The molecule has 0 unspecified atom stereocenters. The average molecular weight is 327 g/mol. The van der Waals surface area contributed by atoms with Crippen LogP contribution in [0, 0.1) is 5.82 Å². The van der Waals surface area contributed by atoms with E-state index in [0.29, 0.717) is 6.92 Å². The maximum atomic E-state index is 13.3. The highest BCUT2D eigenvalue weighted by atomic mass is 79.9. The van der Waals surface area contributed by atoms with Gasteiger partial charge in [-0.3, -0.25) is 0 Å². The molecule has 100 valence electrons. The highest BCUT2D eigenvalue weighted by Crippen LogP contribution is 2.38. The van der Waals surface area contributed by atoms with Crippen molar-refractivity contribution in [2.75, 3.05) is 0 Å². The Labute approximate surface area is 110 Å². The number of rotatable bonds is 4. The van der Waals surface area contributed by atoms with Gasteiger partial charge in [0.1, 0.15) is 11.6 Å². The summed E-state index contributed by atoms with van der Waals surface area (Å²) in [6.45, 7) is 1.78. The van der Waals surface area contributed by atoms with Crippen molar-refractivity contribution in [3.8, 4) is 5.75 Å². The third kappa shape index (κ3) is 3.38. The molecule has 0 bridgehead atoms. The number of carboxylic acid groups (broad SMARTS) is 1. The molecule has 1 aromatic carbocycles. The summed E-state index contributed by atoms with van der Waals surface area (Å²) >= 11 is 2.79. The van der Waals surface area contributed by atoms with Gasteiger partial charge in [0.15, 0.2) is 6.10 Å². The molecule has 1 rings (SSSR count). The van der Waals surface area contributed by atoms with Gasteiger partial charge in [0, 0.05) is 13.0 Å². The summed E-state index contributed by atoms with van der Waals surface area (Å²) in [5.74, 6) is -5.90. The van der Waals surface area contributed by atoms with E-state index in [4.69, 9.17) is 9.84 Å². The summed E-state index contributed by atoms with van der Waals surface area (Å²) in [5.41, 5.74) is -0.580. The van der Waals surface area contributed by atoms with Crippen molar-refractivity contribution < 1.29 is 27.8 Å². The SMILES string of the molecule is C[C@H](Oc1cc(F)c(Br)cc1C(C)(F)F)C(=O)O. The number of hydrogen-bond acceptors (Lipinski definition) is 2. The molecule has 1 atom stereocenters. The van der Waals surface area contributed by atoms with Crippen LogP contribution in [0.2, 0.25) is 0 Å². The number of carbonyl (C=O) groups is 1. The molecule has 0 aliphatic heterocycles. The van der Waals surface area contributed by atoms with Gasteiger partial charge in [-0.1, -0.05) is 0 Å². The van der Waals surface area contributed by atoms with Crippen molar-refractivity contribution in [3.05, 3.63) is 28.0 Å². The first-order valence-corrected chi connectivity index (χ1v) is 5.69. The van der Waals surface area contributed by atoms with Crippen molar-refractivity contribution in [2.24, 2.45) is 0 Å². The molecular formula is C11H10BrF3O3. The molecule has 0 aromatic heterocycles. The Morgan fingerprint density at radius 3 is 2.50 bits per heavy atom. The number of benzene rings is 1. The largest absolute Gasteiger partial charge is 0.479 e. The smallest absolute Gasteiger partial charge is 0.344 e. The maximum Gasteiger partial charge on any atom is 0.344 e. The number of hydrogen-bond donors (Lipinski definition) is 1. The Morgan fingerprint density at radius 1 is 1.50 bits per heavy atom. The van der Waals surface area contributed by atoms with Crippen LogP contribution in [-0.4, -0.2) is 17.2 Å². The molecule has 0 saturated heterocycles. The minimum Gasteiger partial charge on any atom is -0.479 e. The van der Waals surface area contributed by atoms with Gasteiger partial charge in [-0.2, -0.15) is 0 Å². The third-order valence-electron chi connectivity index (χ3n) is 2.15. The highest BCUT2D eigenvalue weighted by molar-refractivity contribution is 9.10. The summed E-state index contributed by atoms with van der Waals surface area (Å²) in [4.78, 5) is 10.6. The fourth-order valence-electron chi connectivity index (χ4n) is 1.21. The third-order valence-corrected chi connectivity index (χ3v) is 2.75. The zero-order valence-electron chi connectivity index (χ0n) is 9.51. The Hall–Kier alpha value is -1.24.